The lowest BCUT2D eigenvalue weighted by Crippen LogP contribution is -2.04. The van der Waals surface area contributed by atoms with E-state index in [-0.39, 0.29) is 4.90 Å². The van der Waals surface area contributed by atoms with Crippen molar-refractivity contribution in [3.8, 4) is 28.0 Å². The normalized spacial score (nSPS) is 11.3. The van der Waals surface area contributed by atoms with Crippen molar-refractivity contribution < 1.29 is 22.3 Å². The number of aromatic nitrogens is 1. The number of carbonyl (C=O) groups excluding carboxylic acids is 1. The molecule has 0 fully saturated rings. The van der Waals surface area contributed by atoms with Gasteiger partial charge in [0.2, 0.25) is 0 Å². The molecule has 3 rings (SSSR count). The van der Waals surface area contributed by atoms with Crippen LogP contribution >= 0.6 is 0 Å². The van der Waals surface area contributed by atoms with Crippen LogP contribution in [-0.4, -0.2) is 32.6 Å². The van der Waals surface area contributed by atoms with E-state index in [0.717, 1.165) is 19.1 Å². The molecule has 30 heavy (non-hydrogen) atoms. The second-order valence-electron chi connectivity index (χ2n) is 6.95. The quantitative estimate of drug-likeness (QED) is 0.376. The van der Waals surface area contributed by atoms with E-state index in [9.17, 15) is 17.6 Å². The van der Waals surface area contributed by atoms with Crippen LogP contribution in [0.2, 0.25) is 0 Å². The second kappa shape index (κ2) is 9.17. The van der Waals surface area contributed by atoms with Gasteiger partial charge in [-0.05, 0) is 47.9 Å². The third kappa shape index (κ3) is 4.91. The molecule has 3 aromatic rings. The monoisotopic (exact) mass is 427 g/mol. The zero-order valence-electron chi connectivity index (χ0n) is 16.8. The minimum absolute atomic E-state index is 0.0941. The van der Waals surface area contributed by atoms with Gasteiger partial charge in [-0.2, -0.15) is 0 Å². The molecule has 0 radical (unpaired) electrons. The van der Waals surface area contributed by atoms with Gasteiger partial charge in [0.05, 0.1) is 11.5 Å². The van der Waals surface area contributed by atoms with Crippen molar-refractivity contribution in [1.29, 1.82) is 0 Å². The molecule has 0 atom stereocenters. The highest BCUT2D eigenvalue weighted by atomic mass is 32.2. The lowest BCUT2D eigenvalue weighted by molar-refractivity contribution is 0.112. The van der Waals surface area contributed by atoms with Crippen molar-refractivity contribution in [2.45, 2.75) is 24.7 Å². The molecule has 5 nitrogen and oxygen atoms in total. The highest BCUT2D eigenvalue weighted by molar-refractivity contribution is 7.90. The van der Waals surface area contributed by atoms with Crippen LogP contribution in [0, 0.1) is 5.82 Å². The lowest BCUT2D eigenvalue weighted by atomic mass is 9.94. The molecule has 0 amide bonds. The van der Waals surface area contributed by atoms with Gasteiger partial charge in [-0.3, -0.25) is 9.78 Å². The number of hydrogen-bond donors (Lipinski definition) is 0. The molecular weight excluding hydrogens is 405 g/mol. The number of pyridine rings is 1. The molecule has 0 saturated heterocycles. The van der Waals surface area contributed by atoms with E-state index in [1.54, 1.807) is 24.4 Å². The first-order chi connectivity index (χ1) is 14.3. The van der Waals surface area contributed by atoms with Gasteiger partial charge in [0.1, 0.15) is 11.6 Å². The highest BCUT2D eigenvalue weighted by Gasteiger charge is 2.20. The largest absolute Gasteiger partial charge is 0.493 e. The summed E-state index contributed by atoms with van der Waals surface area (Å²) in [5.41, 5.74) is 2.75. The highest BCUT2D eigenvalue weighted by Crippen LogP contribution is 2.41. The number of carbonyl (C=O) groups is 1. The van der Waals surface area contributed by atoms with Gasteiger partial charge < -0.3 is 4.74 Å². The predicted octanol–water partition coefficient (Wildman–Crippen LogP) is 4.95. The first-order valence-corrected chi connectivity index (χ1v) is 11.4. The number of sulfone groups is 1. The zero-order valence-corrected chi connectivity index (χ0v) is 17.6. The average molecular weight is 427 g/mol. The maximum Gasteiger partial charge on any atom is 0.175 e. The molecule has 0 spiro atoms. The molecule has 7 heteroatoms. The predicted molar refractivity (Wildman–Crippen MR) is 114 cm³/mol. The number of ether oxygens (including phenoxy) is 1. The van der Waals surface area contributed by atoms with E-state index in [0.29, 0.717) is 46.5 Å². The van der Waals surface area contributed by atoms with Crippen LogP contribution in [-0.2, 0) is 9.84 Å². The number of unbranched alkanes of at least 4 members (excludes halogenated alkanes) is 1. The first kappa shape index (κ1) is 21.6. The minimum atomic E-state index is -3.53. The van der Waals surface area contributed by atoms with Gasteiger partial charge in [0.25, 0.3) is 0 Å². The number of nitrogens with zero attached hydrogens (tertiary/aromatic N) is 1. The maximum atomic E-state index is 13.5. The molecule has 1 aromatic heterocycles. The lowest BCUT2D eigenvalue weighted by Gasteiger charge is -2.18. The third-order valence-corrected chi connectivity index (χ3v) is 5.69. The third-order valence-electron chi connectivity index (χ3n) is 4.60. The summed E-state index contributed by atoms with van der Waals surface area (Å²) in [7, 11) is -3.53. The van der Waals surface area contributed by atoms with E-state index >= 15 is 0 Å². The molecule has 0 aliphatic carbocycles. The topological polar surface area (TPSA) is 73.3 Å². The maximum absolute atomic E-state index is 13.5. The van der Waals surface area contributed by atoms with Crippen LogP contribution in [0.4, 0.5) is 4.39 Å². The zero-order chi connectivity index (χ0) is 21.7. The van der Waals surface area contributed by atoms with Gasteiger partial charge in [-0.25, -0.2) is 12.8 Å². The summed E-state index contributed by atoms with van der Waals surface area (Å²) < 4.78 is 44.1. The molecule has 0 saturated carbocycles. The standard InChI is InChI=1S/C23H22FNO4S/c1-3-4-9-29-22-12-20(30(2,27)28)11-21(17-5-7-19(24)8-6-17)23(22)18-10-16(15-26)13-25-14-18/h5-8,10-15H,3-4,9H2,1-2H3. The van der Waals surface area contributed by atoms with Crippen molar-refractivity contribution in [1.82, 2.24) is 4.98 Å². The average Bonchev–Trinajstić information content (AvgIpc) is 2.73. The Kier molecular flexibility index (Phi) is 6.62. The fourth-order valence-corrected chi connectivity index (χ4v) is 3.71. The Labute approximate surface area is 175 Å². The minimum Gasteiger partial charge on any atom is -0.493 e. The van der Waals surface area contributed by atoms with Crippen LogP contribution in [0.25, 0.3) is 22.3 Å². The molecule has 156 valence electrons. The van der Waals surface area contributed by atoms with Gasteiger partial charge >= 0.3 is 0 Å². The van der Waals surface area contributed by atoms with Crippen LogP contribution in [0.15, 0.2) is 59.8 Å². The molecule has 0 N–H and O–H groups in total. The van der Waals surface area contributed by atoms with Gasteiger partial charge in [0.15, 0.2) is 16.1 Å². The Morgan fingerprint density at radius 1 is 1.07 bits per heavy atom. The summed E-state index contributed by atoms with van der Waals surface area (Å²) in [5, 5.41) is 0. The molecule has 0 aliphatic heterocycles. The summed E-state index contributed by atoms with van der Waals surface area (Å²) in [6, 6.07) is 10.5. The van der Waals surface area contributed by atoms with Crippen LogP contribution in [0.5, 0.6) is 5.75 Å². The fourth-order valence-electron chi connectivity index (χ4n) is 3.06. The Bertz CT molecular complexity index is 1160. The Hall–Kier alpha value is -3.06. The fraction of sp³-hybridized carbons (Fsp3) is 0.217. The van der Waals surface area contributed by atoms with Crippen molar-refractivity contribution in [2.24, 2.45) is 0 Å². The number of rotatable bonds is 8. The van der Waals surface area contributed by atoms with Crippen molar-refractivity contribution in [3.63, 3.8) is 0 Å². The molecule has 2 aromatic carbocycles. The van der Waals surface area contributed by atoms with Gasteiger partial charge in [-0.15, -0.1) is 0 Å². The van der Waals surface area contributed by atoms with E-state index in [1.165, 1.54) is 30.5 Å². The van der Waals surface area contributed by atoms with Crippen molar-refractivity contribution >= 4 is 16.1 Å². The summed E-state index contributed by atoms with van der Waals surface area (Å²) in [6.45, 7) is 2.43. The van der Waals surface area contributed by atoms with Crippen LogP contribution in [0.1, 0.15) is 30.1 Å². The summed E-state index contributed by atoms with van der Waals surface area (Å²) in [5.74, 6) is -0.0286. The Balaban J connectivity index is 2.33. The SMILES string of the molecule is CCCCOc1cc(S(C)(=O)=O)cc(-c2ccc(F)cc2)c1-c1cncc(C=O)c1. The van der Waals surface area contributed by atoms with E-state index in [4.69, 9.17) is 4.74 Å². The van der Waals surface area contributed by atoms with E-state index < -0.39 is 15.7 Å². The van der Waals surface area contributed by atoms with Crippen LogP contribution in [0.3, 0.4) is 0 Å². The summed E-state index contributed by atoms with van der Waals surface area (Å²) in [4.78, 5) is 15.5. The van der Waals surface area contributed by atoms with Crippen LogP contribution < -0.4 is 4.74 Å². The van der Waals surface area contributed by atoms with Crippen molar-refractivity contribution in [2.75, 3.05) is 12.9 Å². The number of aldehydes is 1. The molecule has 0 aliphatic rings. The Morgan fingerprint density at radius 2 is 1.80 bits per heavy atom. The molecule has 0 unspecified atom stereocenters. The number of hydrogen-bond acceptors (Lipinski definition) is 5. The molecule has 1 heterocycles. The molecule has 0 bridgehead atoms. The number of halogens is 1. The first-order valence-electron chi connectivity index (χ1n) is 9.51. The van der Waals surface area contributed by atoms with E-state index in [2.05, 4.69) is 4.98 Å². The number of benzene rings is 2. The summed E-state index contributed by atoms with van der Waals surface area (Å²) >= 11 is 0. The molecular formula is C23H22FNO4S. The van der Waals surface area contributed by atoms with Crippen molar-refractivity contribution in [3.05, 3.63) is 66.2 Å². The van der Waals surface area contributed by atoms with E-state index in [1.807, 2.05) is 6.92 Å². The summed E-state index contributed by atoms with van der Waals surface area (Å²) in [6.07, 6.45) is 6.55. The van der Waals surface area contributed by atoms with Gasteiger partial charge in [0, 0.05) is 35.3 Å². The Morgan fingerprint density at radius 3 is 2.43 bits per heavy atom. The smallest absolute Gasteiger partial charge is 0.175 e. The second-order valence-corrected chi connectivity index (χ2v) is 8.97. The van der Waals surface area contributed by atoms with Gasteiger partial charge in [-0.1, -0.05) is 25.5 Å².